The lowest BCUT2D eigenvalue weighted by atomic mass is 10.1. The number of aromatic nitrogens is 1. The molecule has 0 bridgehead atoms. The van der Waals surface area contributed by atoms with Crippen LogP contribution in [0.2, 0.25) is 0 Å². The highest BCUT2D eigenvalue weighted by atomic mass is 32.1. The first-order valence-electron chi connectivity index (χ1n) is 9.33. The molecule has 1 aromatic heterocycles. The van der Waals surface area contributed by atoms with Gasteiger partial charge < -0.3 is 15.5 Å². The van der Waals surface area contributed by atoms with Crippen molar-refractivity contribution in [3.05, 3.63) is 16.1 Å². The van der Waals surface area contributed by atoms with E-state index in [9.17, 15) is 0 Å². The van der Waals surface area contributed by atoms with Crippen LogP contribution in [0.25, 0.3) is 0 Å². The van der Waals surface area contributed by atoms with Crippen LogP contribution in [-0.2, 0) is 6.42 Å². The number of nitrogens with one attached hydrogen (secondary N) is 2. The molecular formula is C18H33N5S. The van der Waals surface area contributed by atoms with Gasteiger partial charge in [-0.3, -0.25) is 4.99 Å². The minimum absolute atomic E-state index is 0.597. The molecule has 2 rings (SSSR count). The summed E-state index contributed by atoms with van der Waals surface area (Å²) in [7, 11) is 0. The fraction of sp³-hybridized carbons (Fsp3) is 0.778. The van der Waals surface area contributed by atoms with Crippen LogP contribution in [0.4, 0.5) is 0 Å². The van der Waals surface area contributed by atoms with E-state index < -0.39 is 0 Å². The highest BCUT2D eigenvalue weighted by Crippen LogP contribution is 2.11. The molecule has 0 aromatic carbocycles. The Balaban J connectivity index is 1.72. The molecule has 2 N–H and O–H groups in total. The minimum Gasteiger partial charge on any atom is -0.357 e. The van der Waals surface area contributed by atoms with E-state index in [0.717, 1.165) is 37.0 Å². The van der Waals surface area contributed by atoms with E-state index in [2.05, 4.69) is 46.7 Å². The number of aryl methyl sites for hydroxylation is 1. The average Bonchev–Trinajstić information content (AvgIpc) is 2.99. The van der Waals surface area contributed by atoms with E-state index in [1.807, 2.05) is 0 Å². The standard InChI is InChI=1S/C18H33N5S/c1-4-19-18(20-9-8-17-14-24-16(3)22-17)21-12-15(2)13-23-10-6-5-7-11-23/h14-15H,4-13H2,1-3H3,(H2,19,20,21). The van der Waals surface area contributed by atoms with Crippen molar-refractivity contribution >= 4 is 17.3 Å². The molecule has 136 valence electrons. The van der Waals surface area contributed by atoms with Crippen molar-refractivity contribution in [3.8, 4) is 0 Å². The van der Waals surface area contributed by atoms with Crippen molar-refractivity contribution in [2.75, 3.05) is 39.3 Å². The fourth-order valence-corrected chi connectivity index (χ4v) is 3.71. The van der Waals surface area contributed by atoms with Crippen LogP contribution in [0.1, 0.15) is 43.8 Å². The topological polar surface area (TPSA) is 52.6 Å². The van der Waals surface area contributed by atoms with Crippen molar-refractivity contribution < 1.29 is 0 Å². The first-order chi connectivity index (χ1) is 11.7. The number of rotatable bonds is 8. The zero-order chi connectivity index (χ0) is 17.2. The molecule has 0 aliphatic carbocycles. The van der Waals surface area contributed by atoms with Gasteiger partial charge in [-0.05, 0) is 45.7 Å². The maximum atomic E-state index is 4.77. The molecule has 1 aliphatic heterocycles. The van der Waals surface area contributed by atoms with Gasteiger partial charge in [0.25, 0.3) is 0 Å². The SMILES string of the molecule is CCNC(=NCC(C)CN1CCCCC1)NCCc1csc(C)n1. The number of piperidine rings is 1. The Morgan fingerprint density at radius 2 is 2.12 bits per heavy atom. The van der Waals surface area contributed by atoms with Gasteiger partial charge in [0.2, 0.25) is 0 Å². The minimum atomic E-state index is 0.597. The summed E-state index contributed by atoms with van der Waals surface area (Å²) in [6, 6.07) is 0. The Hall–Kier alpha value is -1.14. The summed E-state index contributed by atoms with van der Waals surface area (Å²) in [5.41, 5.74) is 1.17. The summed E-state index contributed by atoms with van der Waals surface area (Å²) in [4.78, 5) is 11.9. The molecule has 0 spiro atoms. The normalized spacial score (nSPS) is 17.7. The number of hydrogen-bond acceptors (Lipinski definition) is 4. The quantitative estimate of drug-likeness (QED) is 0.558. The molecule has 0 saturated carbocycles. The molecule has 0 radical (unpaired) electrons. The summed E-state index contributed by atoms with van der Waals surface area (Å²) in [5.74, 6) is 1.52. The van der Waals surface area contributed by atoms with Gasteiger partial charge in [-0.15, -0.1) is 11.3 Å². The van der Waals surface area contributed by atoms with E-state index in [1.54, 1.807) is 11.3 Å². The molecule has 1 saturated heterocycles. The highest BCUT2D eigenvalue weighted by Gasteiger charge is 2.13. The average molecular weight is 352 g/mol. The monoisotopic (exact) mass is 351 g/mol. The fourth-order valence-electron chi connectivity index (χ4n) is 3.06. The van der Waals surface area contributed by atoms with E-state index in [0.29, 0.717) is 5.92 Å². The van der Waals surface area contributed by atoms with Crippen LogP contribution in [0.15, 0.2) is 10.4 Å². The molecule has 24 heavy (non-hydrogen) atoms. The third kappa shape index (κ3) is 7.18. The molecule has 5 nitrogen and oxygen atoms in total. The van der Waals surface area contributed by atoms with E-state index in [-0.39, 0.29) is 0 Å². The number of aliphatic imine (C=N–C) groups is 1. The molecule has 6 heteroatoms. The smallest absolute Gasteiger partial charge is 0.191 e. The van der Waals surface area contributed by atoms with Crippen molar-refractivity contribution in [2.24, 2.45) is 10.9 Å². The maximum Gasteiger partial charge on any atom is 0.191 e. The first-order valence-corrected chi connectivity index (χ1v) is 10.2. The van der Waals surface area contributed by atoms with Crippen LogP contribution in [0, 0.1) is 12.8 Å². The van der Waals surface area contributed by atoms with Gasteiger partial charge in [0.05, 0.1) is 10.7 Å². The number of likely N-dealkylation sites (tertiary alicyclic amines) is 1. The van der Waals surface area contributed by atoms with Gasteiger partial charge in [-0.2, -0.15) is 0 Å². The number of thiazole rings is 1. The zero-order valence-electron chi connectivity index (χ0n) is 15.5. The Morgan fingerprint density at radius 1 is 1.33 bits per heavy atom. The summed E-state index contributed by atoms with van der Waals surface area (Å²) >= 11 is 1.71. The molecule has 1 atom stereocenters. The van der Waals surface area contributed by atoms with Gasteiger partial charge in [-0.1, -0.05) is 13.3 Å². The summed E-state index contributed by atoms with van der Waals surface area (Å²) in [6.07, 6.45) is 5.06. The van der Waals surface area contributed by atoms with Crippen molar-refractivity contribution in [1.82, 2.24) is 20.5 Å². The Morgan fingerprint density at radius 3 is 2.79 bits per heavy atom. The van der Waals surface area contributed by atoms with Crippen LogP contribution in [-0.4, -0.2) is 55.1 Å². The van der Waals surface area contributed by atoms with Crippen LogP contribution < -0.4 is 10.6 Å². The summed E-state index contributed by atoms with van der Waals surface area (Å²) in [5, 5.41) is 10.0. The van der Waals surface area contributed by atoms with Crippen molar-refractivity contribution in [1.29, 1.82) is 0 Å². The largest absolute Gasteiger partial charge is 0.357 e. The van der Waals surface area contributed by atoms with Crippen molar-refractivity contribution in [2.45, 2.75) is 46.5 Å². The molecular weight excluding hydrogens is 318 g/mol. The molecule has 2 heterocycles. The molecule has 1 aromatic rings. The van der Waals surface area contributed by atoms with E-state index >= 15 is 0 Å². The van der Waals surface area contributed by atoms with Gasteiger partial charge in [0.15, 0.2) is 5.96 Å². The van der Waals surface area contributed by atoms with Crippen LogP contribution in [0.3, 0.4) is 0 Å². The van der Waals surface area contributed by atoms with E-state index in [4.69, 9.17) is 4.99 Å². The maximum absolute atomic E-state index is 4.77. The Labute approximate surface area is 151 Å². The van der Waals surface area contributed by atoms with Gasteiger partial charge in [-0.25, -0.2) is 4.98 Å². The van der Waals surface area contributed by atoms with Crippen LogP contribution >= 0.6 is 11.3 Å². The van der Waals surface area contributed by atoms with Crippen molar-refractivity contribution in [3.63, 3.8) is 0 Å². The first kappa shape index (κ1) is 19.2. The second kappa shape index (κ2) is 10.7. The second-order valence-electron chi connectivity index (χ2n) is 6.72. The zero-order valence-corrected chi connectivity index (χ0v) is 16.3. The molecule has 1 fully saturated rings. The predicted octanol–water partition coefficient (Wildman–Crippen LogP) is 2.67. The van der Waals surface area contributed by atoms with Gasteiger partial charge in [0.1, 0.15) is 0 Å². The van der Waals surface area contributed by atoms with Crippen LogP contribution in [0.5, 0.6) is 0 Å². The Kier molecular flexibility index (Phi) is 8.53. The lowest BCUT2D eigenvalue weighted by Gasteiger charge is -2.28. The number of nitrogens with zero attached hydrogens (tertiary/aromatic N) is 3. The lowest BCUT2D eigenvalue weighted by Crippen LogP contribution is -2.39. The summed E-state index contributed by atoms with van der Waals surface area (Å²) < 4.78 is 0. The lowest BCUT2D eigenvalue weighted by molar-refractivity contribution is 0.203. The Bertz CT molecular complexity index is 493. The van der Waals surface area contributed by atoms with Gasteiger partial charge in [0, 0.05) is 38.0 Å². The molecule has 1 aliphatic rings. The van der Waals surface area contributed by atoms with E-state index in [1.165, 1.54) is 44.6 Å². The third-order valence-corrected chi connectivity index (χ3v) is 5.09. The number of guanidine groups is 1. The second-order valence-corrected chi connectivity index (χ2v) is 7.78. The third-order valence-electron chi connectivity index (χ3n) is 4.26. The predicted molar refractivity (Wildman–Crippen MR) is 104 cm³/mol. The summed E-state index contributed by atoms with van der Waals surface area (Å²) in [6.45, 7) is 12.8. The highest BCUT2D eigenvalue weighted by molar-refractivity contribution is 7.09. The molecule has 0 amide bonds. The van der Waals surface area contributed by atoms with Gasteiger partial charge >= 0.3 is 0 Å². The number of hydrogen-bond donors (Lipinski definition) is 2. The molecule has 1 unspecified atom stereocenters.